The molecule has 27 heteroatoms. The number of pyridine rings is 10. The molecule has 0 aliphatic heterocycles. The number of benzene rings is 8. The van der Waals surface area contributed by atoms with Gasteiger partial charge in [-0.15, -0.1) is 118 Å². The molecule has 0 aliphatic carbocycles. The van der Waals surface area contributed by atoms with E-state index in [9.17, 15) is 24.0 Å². The van der Waals surface area contributed by atoms with Crippen molar-refractivity contribution in [3.05, 3.63) is 457 Å². The van der Waals surface area contributed by atoms with Crippen molar-refractivity contribution >= 4 is 107 Å². The molecule has 5 radical (unpaired) electrons. The van der Waals surface area contributed by atoms with Crippen LogP contribution in [0.2, 0.25) is 0 Å². The normalized spacial score (nSPS) is 9.56. The summed E-state index contributed by atoms with van der Waals surface area (Å²) in [7, 11) is 0. The smallest absolute Gasteiger partial charge is 0.355 e. The summed E-state index contributed by atoms with van der Waals surface area (Å²) >= 11 is 3.28. The van der Waals surface area contributed by atoms with Crippen LogP contribution in [-0.4, -0.2) is 105 Å². The van der Waals surface area contributed by atoms with Crippen molar-refractivity contribution in [2.45, 2.75) is 0 Å². The first-order chi connectivity index (χ1) is 60.2. The SMILES string of the molecule is O=C(O)c1cc2ccccc2cn1.O=C(O)c1cc2ccccc2cn1.O=C(O)c1ccc2ccccc2n1.O=C(O)c1ccc2ccccc2n1.O=C(O)c1nccc2ccccc12.[Ir].[Ir].[Ir].[Ir].[Ir].[c-]1ccccc1-c1ccccn1.[c-]1ccccc1-c1ccccn1.[c-]1ccccc1-c1ccccn1.[c-]1cscc1-c1ccccn1.[c-]1cscc1-c1ccccn1. The maximum Gasteiger partial charge on any atom is 0.355 e. The minimum Gasteiger partial charge on any atom is -0.477 e. The van der Waals surface area contributed by atoms with Crippen molar-refractivity contribution in [3.63, 3.8) is 0 Å². The molecule has 20 rings (SSSR count). The number of hydrogen-bond donors (Lipinski definition) is 5. The first-order valence-corrected chi connectivity index (χ1v) is 39.4. The van der Waals surface area contributed by atoms with Crippen LogP contribution in [0.4, 0.5) is 0 Å². The van der Waals surface area contributed by atoms with E-state index in [-0.39, 0.29) is 129 Å². The van der Waals surface area contributed by atoms with Crippen molar-refractivity contribution in [1.29, 1.82) is 0 Å². The maximum absolute atomic E-state index is 10.8. The van der Waals surface area contributed by atoms with Gasteiger partial charge in [0.25, 0.3) is 0 Å². The molecule has 20 nitrogen and oxygen atoms in total. The van der Waals surface area contributed by atoms with Crippen LogP contribution in [0, 0.1) is 30.3 Å². The summed E-state index contributed by atoms with van der Waals surface area (Å²) in [6, 6.07) is 117. The summed E-state index contributed by atoms with van der Waals surface area (Å²) in [6.45, 7) is 0. The second kappa shape index (κ2) is 56.5. The van der Waals surface area contributed by atoms with Crippen molar-refractivity contribution in [1.82, 2.24) is 49.8 Å². The van der Waals surface area contributed by atoms with Gasteiger partial charge in [-0.25, -0.2) is 71.6 Å². The van der Waals surface area contributed by atoms with E-state index in [2.05, 4.69) is 80.2 Å². The Bertz CT molecular complexity index is 5970. The Labute approximate surface area is 812 Å². The molecule has 20 aromatic rings. The van der Waals surface area contributed by atoms with Crippen LogP contribution in [-0.2, 0) is 101 Å². The quantitative estimate of drug-likeness (QED) is 0.0794. The van der Waals surface area contributed by atoms with Gasteiger partial charge in [-0.1, -0.05) is 193 Å². The summed E-state index contributed by atoms with van der Waals surface area (Å²) in [5.41, 5.74) is 12.0. The van der Waals surface area contributed by atoms with Gasteiger partial charge in [-0.05, 0) is 117 Å². The molecular weight excluding hydrogens is 2540 g/mol. The number of rotatable bonds is 10. The molecule has 8 aromatic carbocycles. The molecule has 12 heterocycles. The molecule has 0 amide bonds. The molecule has 0 fully saturated rings. The minimum absolute atomic E-state index is 0. The monoisotopic (exact) mass is 2610 g/mol. The molecule has 0 spiro atoms. The standard InChI is InChI=1S/3C11H8N.5C10H7NO2.2C9H6NS.5Ir/c3*1-2-6-10(7-3-1)11-8-4-5-9-12-11;2*12-10(13)9-5-7-3-1-2-4-8(7)6-11-9;12-10(13)9-8-4-2-1-3-7(8)5-6-11-9;2*12-10(13)9-6-5-7-3-1-2-4-8(7)11-9;2*1-2-5-10-9(3-1)8-4-6-11-7-8;;;;;/h3*1-6,8-9H;5*1-6H,(H,12,13);2*1-3,5-7H;;;;;/q3*-1;;;;;;2*-1;;;;;. The summed E-state index contributed by atoms with van der Waals surface area (Å²) in [4.78, 5) is 93.5. The van der Waals surface area contributed by atoms with Gasteiger partial charge in [-0.3, -0.25) is 0 Å². The first-order valence-electron chi connectivity index (χ1n) is 37.5. The van der Waals surface area contributed by atoms with Gasteiger partial charge in [0, 0.05) is 177 Å². The minimum atomic E-state index is -0.995. The molecule has 0 aliphatic rings. The Kier molecular flexibility index (Phi) is 45.6. The van der Waals surface area contributed by atoms with Crippen LogP contribution >= 0.6 is 22.7 Å². The van der Waals surface area contributed by atoms with Gasteiger partial charge in [0.15, 0.2) is 5.69 Å². The number of carboxylic acid groups (broad SMARTS) is 5. The van der Waals surface area contributed by atoms with Crippen LogP contribution in [0.25, 0.3) is 110 Å². The van der Waals surface area contributed by atoms with E-state index in [4.69, 9.17) is 25.5 Å². The molecule has 0 saturated heterocycles. The number of aromatic nitrogens is 10. The fourth-order valence-corrected chi connectivity index (χ4v) is 12.2. The van der Waals surface area contributed by atoms with E-state index in [0.717, 1.165) is 94.0 Å². The Balaban J connectivity index is 0.000000219. The van der Waals surface area contributed by atoms with Gasteiger partial charge >= 0.3 is 29.8 Å². The Morgan fingerprint density at radius 1 is 0.242 bits per heavy atom. The Morgan fingerprint density at radius 2 is 0.547 bits per heavy atom. The number of nitrogens with zero attached hydrogens (tertiary/aromatic N) is 10. The molecule has 0 saturated carbocycles. The van der Waals surface area contributed by atoms with Crippen molar-refractivity contribution < 1.29 is 150 Å². The van der Waals surface area contributed by atoms with Gasteiger partial charge < -0.3 is 50.5 Å². The molecule has 12 aromatic heterocycles. The summed E-state index contributed by atoms with van der Waals surface area (Å²) in [5, 5.41) is 58.7. The summed E-state index contributed by atoms with van der Waals surface area (Å²) in [5.74, 6) is -4.97. The second-order valence-electron chi connectivity index (χ2n) is 25.3. The van der Waals surface area contributed by atoms with Crippen molar-refractivity contribution in [2.75, 3.05) is 0 Å². The number of fused-ring (bicyclic) bond motifs is 5. The van der Waals surface area contributed by atoms with E-state index >= 15 is 0 Å². The molecule has 0 bridgehead atoms. The molecule has 128 heavy (non-hydrogen) atoms. The molecule has 0 unspecified atom stereocenters. The number of para-hydroxylation sites is 2. The van der Waals surface area contributed by atoms with Crippen LogP contribution in [0.3, 0.4) is 0 Å². The van der Waals surface area contributed by atoms with E-state index in [0.29, 0.717) is 16.4 Å². The van der Waals surface area contributed by atoms with Crippen molar-refractivity contribution in [2.24, 2.45) is 0 Å². The van der Waals surface area contributed by atoms with Gasteiger partial charge in [-0.2, -0.15) is 23.3 Å². The first kappa shape index (κ1) is 103. The van der Waals surface area contributed by atoms with E-state index in [1.807, 2.05) is 282 Å². The average Bonchev–Trinajstić information content (AvgIpc) is 0.908. The van der Waals surface area contributed by atoms with Crippen LogP contribution in [0.5, 0.6) is 0 Å². The summed E-state index contributed by atoms with van der Waals surface area (Å²) < 4.78 is 0. The number of hydrogen-bond acceptors (Lipinski definition) is 17. The third-order valence-corrected chi connectivity index (χ3v) is 18.2. The largest absolute Gasteiger partial charge is 0.477 e. The van der Waals surface area contributed by atoms with Gasteiger partial charge in [0.2, 0.25) is 0 Å². The van der Waals surface area contributed by atoms with Crippen LogP contribution in [0.1, 0.15) is 52.4 Å². The van der Waals surface area contributed by atoms with E-state index in [1.54, 1.807) is 121 Å². The fourth-order valence-electron chi connectivity index (χ4n) is 11.1. The third kappa shape index (κ3) is 33.2. The van der Waals surface area contributed by atoms with Gasteiger partial charge in [0.1, 0.15) is 22.8 Å². The second-order valence-corrected chi connectivity index (χ2v) is 26.8. The maximum atomic E-state index is 10.8. The van der Waals surface area contributed by atoms with E-state index < -0.39 is 29.8 Å². The fraction of sp³-hybridized carbons (Fsp3) is 0. The van der Waals surface area contributed by atoms with Crippen LogP contribution in [0.15, 0.2) is 399 Å². The van der Waals surface area contributed by atoms with Crippen LogP contribution < -0.4 is 0 Å². The molecule has 0 atom stereocenters. The predicted molar refractivity (Wildman–Crippen MR) is 482 cm³/mol. The van der Waals surface area contributed by atoms with Gasteiger partial charge in [0.05, 0.1) is 11.0 Å². The summed E-state index contributed by atoms with van der Waals surface area (Å²) in [6.07, 6.45) is 13.6. The Morgan fingerprint density at radius 3 is 0.852 bits per heavy atom. The molecular formula is C101H71Ir5N10O10S2-5. The zero-order chi connectivity index (χ0) is 86.0. The number of aromatic carboxylic acids is 5. The molecule has 647 valence electrons. The Hall–Kier alpha value is -13.4. The number of carbonyl (C=O) groups is 5. The number of thiophene rings is 2. The number of carboxylic acids is 5. The zero-order valence-electron chi connectivity index (χ0n) is 66.8. The predicted octanol–water partition coefficient (Wildman–Crippen LogP) is 22.5. The van der Waals surface area contributed by atoms with E-state index in [1.165, 1.54) is 18.3 Å². The zero-order valence-corrected chi connectivity index (χ0v) is 80.4. The third-order valence-electron chi connectivity index (χ3n) is 17.0. The van der Waals surface area contributed by atoms with Crippen molar-refractivity contribution in [3.8, 4) is 56.3 Å². The topological polar surface area (TPSA) is 315 Å². The average molecular weight is 2610 g/mol. The molecule has 5 N–H and O–H groups in total.